The number of hydrogen-bond acceptors (Lipinski definition) is 3. The van der Waals surface area contributed by atoms with Gasteiger partial charge in [-0.1, -0.05) is 23.7 Å². The molecule has 1 N–H and O–H groups in total. The van der Waals surface area contributed by atoms with Crippen molar-refractivity contribution in [3.8, 4) is 0 Å². The monoisotopic (exact) mass is 225 g/mol. The van der Waals surface area contributed by atoms with Crippen molar-refractivity contribution in [2.75, 3.05) is 7.11 Å². The molecule has 1 aliphatic heterocycles. The Morgan fingerprint density at radius 1 is 1.60 bits per heavy atom. The fourth-order valence-corrected chi connectivity index (χ4v) is 2.09. The van der Waals surface area contributed by atoms with E-state index in [-0.39, 0.29) is 12.0 Å². The molecule has 0 spiro atoms. The minimum Gasteiger partial charge on any atom is -0.468 e. The van der Waals surface area contributed by atoms with Crippen LogP contribution in [0.1, 0.15) is 11.1 Å². The summed E-state index contributed by atoms with van der Waals surface area (Å²) in [6, 6.07) is 5.51. The SMILES string of the molecule is COC(=O)[C@@H]1Cc2c(Cl)cccc2CN1. The van der Waals surface area contributed by atoms with Gasteiger partial charge in [0.1, 0.15) is 6.04 Å². The maximum atomic E-state index is 11.4. The van der Waals surface area contributed by atoms with Crippen LogP contribution in [-0.2, 0) is 22.5 Å². The lowest BCUT2D eigenvalue weighted by Gasteiger charge is -2.24. The minimum atomic E-state index is -0.276. The highest BCUT2D eigenvalue weighted by molar-refractivity contribution is 6.31. The maximum absolute atomic E-state index is 11.4. The van der Waals surface area contributed by atoms with Crippen LogP contribution in [0.5, 0.6) is 0 Å². The summed E-state index contributed by atoms with van der Waals surface area (Å²) >= 11 is 6.08. The van der Waals surface area contributed by atoms with Crippen LogP contribution in [0.25, 0.3) is 0 Å². The quantitative estimate of drug-likeness (QED) is 0.737. The number of hydrogen-bond donors (Lipinski definition) is 1. The molecule has 3 nitrogen and oxygen atoms in total. The average Bonchev–Trinajstić information content (AvgIpc) is 2.28. The molecule has 1 aliphatic rings. The van der Waals surface area contributed by atoms with Crippen LogP contribution in [0.15, 0.2) is 18.2 Å². The minimum absolute atomic E-state index is 0.236. The predicted molar refractivity (Wildman–Crippen MR) is 57.8 cm³/mol. The summed E-state index contributed by atoms with van der Waals surface area (Å²) in [5.41, 5.74) is 2.20. The first-order valence-electron chi connectivity index (χ1n) is 4.80. The van der Waals surface area contributed by atoms with Gasteiger partial charge in [0.2, 0.25) is 0 Å². The van der Waals surface area contributed by atoms with E-state index >= 15 is 0 Å². The Balaban J connectivity index is 2.26. The lowest BCUT2D eigenvalue weighted by molar-refractivity contribution is -0.143. The second kappa shape index (κ2) is 4.21. The fraction of sp³-hybridized carbons (Fsp3) is 0.364. The zero-order valence-corrected chi connectivity index (χ0v) is 9.17. The van der Waals surface area contributed by atoms with E-state index in [9.17, 15) is 4.79 Å². The molecule has 0 bridgehead atoms. The van der Waals surface area contributed by atoms with Crippen molar-refractivity contribution in [2.24, 2.45) is 0 Å². The molecule has 1 atom stereocenters. The van der Waals surface area contributed by atoms with Gasteiger partial charge >= 0.3 is 5.97 Å². The number of ether oxygens (including phenoxy) is 1. The summed E-state index contributed by atoms with van der Waals surface area (Å²) in [4.78, 5) is 11.4. The number of carbonyl (C=O) groups is 1. The molecular weight excluding hydrogens is 214 g/mol. The third-order valence-electron chi connectivity index (χ3n) is 2.65. The van der Waals surface area contributed by atoms with Crippen LogP contribution in [-0.4, -0.2) is 19.1 Å². The van der Waals surface area contributed by atoms with Crippen LogP contribution >= 0.6 is 11.6 Å². The summed E-state index contributed by atoms with van der Waals surface area (Å²) < 4.78 is 4.70. The number of methoxy groups -OCH3 is 1. The van der Waals surface area contributed by atoms with Crippen molar-refractivity contribution < 1.29 is 9.53 Å². The number of halogens is 1. The summed E-state index contributed by atoms with van der Waals surface area (Å²) in [7, 11) is 1.39. The van der Waals surface area contributed by atoms with Gasteiger partial charge in [0, 0.05) is 18.0 Å². The van der Waals surface area contributed by atoms with Crippen LogP contribution < -0.4 is 5.32 Å². The molecule has 0 fully saturated rings. The smallest absolute Gasteiger partial charge is 0.323 e. The number of carbonyl (C=O) groups excluding carboxylic acids is 1. The second-order valence-corrected chi connectivity index (χ2v) is 3.95. The van der Waals surface area contributed by atoms with Gasteiger partial charge in [0.25, 0.3) is 0 Å². The third kappa shape index (κ3) is 1.98. The Labute approximate surface area is 93.4 Å². The van der Waals surface area contributed by atoms with Gasteiger partial charge in [-0.15, -0.1) is 0 Å². The van der Waals surface area contributed by atoms with E-state index in [0.29, 0.717) is 13.0 Å². The van der Waals surface area contributed by atoms with Crippen LogP contribution in [0, 0.1) is 0 Å². The molecule has 80 valence electrons. The van der Waals surface area contributed by atoms with E-state index in [1.165, 1.54) is 7.11 Å². The molecule has 1 aromatic carbocycles. The first kappa shape index (κ1) is 10.5. The number of fused-ring (bicyclic) bond motifs is 1. The molecule has 0 saturated carbocycles. The first-order chi connectivity index (χ1) is 7.22. The summed E-state index contributed by atoms with van der Waals surface area (Å²) in [5.74, 6) is -0.236. The van der Waals surface area contributed by atoms with Crippen LogP contribution in [0.2, 0.25) is 5.02 Å². The summed E-state index contributed by atoms with van der Waals surface area (Å²) in [6.45, 7) is 0.662. The van der Waals surface area contributed by atoms with E-state index in [0.717, 1.165) is 16.1 Å². The topological polar surface area (TPSA) is 38.3 Å². The highest BCUT2D eigenvalue weighted by atomic mass is 35.5. The van der Waals surface area contributed by atoms with Crippen molar-refractivity contribution in [1.29, 1.82) is 0 Å². The van der Waals surface area contributed by atoms with Gasteiger partial charge < -0.3 is 10.1 Å². The molecule has 1 heterocycles. The first-order valence-corrected chi connectivity index (χ1v) is 5.17. The molecule has 0 aromatic heterocycles. The van der Waals surface area contributed by atoms with Crippen LogP contribution in [0.3, 0.4) is 0 Å². The third-order valence-corrected chi connectivity index (χ3v) is 3.00. The molecule has 15 heavy (non-hydrogen) atoms. The highest BCUT2D eigenvalue weighted by Gasteiger charge is 2.25. The van der Waals surface area contributed by atoms with Gasteiger partial charge in [0.05, 0.1) is 7.11 Å². The lowest BCUT2D eigenvalue weighted by Crippen LogP contribution is -2.42. The number of nitrogens with one attached hydrogen (secondary N) is 1. The predicted octanol–water partition coefficient (Wildman–Crippen LogP) is 1.53. The Morgan fingerprint density at radius 2 is 2.40 bits per heavy atom. The normalized spacial score (nSPS) is 19.5. The number of benzene rings is 1. The standard InChI is InChI=1S/C11H12ClNO2/c1-15-11(14)10-5-8-7(6-13-10)3-2-4-9(8)12/h2-4,10,13H,5-6H2,1H3/t10-/m0/s1. The van der Waals surface area contributed by atoms with Gasteiger partial charge in [-0.05, 0) is 17.2 Å². The summed E-state index contributed by atoms with van der Waals surface area (Å²) in [5, 5.41) is 3.84. The Kier molecular flexibility index (Phi) is 2.93. The maximum Gasteiger partial charge on any atom is 0.323 e. The van der Waals surface area contributed by atoms with E-state index in [1.54, 1.807) is 0 Å². The van der Waals surface area contributed by atoms with Gasteiger partial charge in [0.15, 0.2) is 0 Å². The van der Waals surface area contributed by atoms with Crippen molar-refractivity contribution >= 4 is 17.6 Å². The molecule has 4 heteroatoms. The van der Waals surface area contributed by atoms with Gasteiger partial charge in [-0.2, -0.15) is 0 Å². The molecule has 1 aromatic rings. The Hall–Kier alpha value is -1.06. The van der Waals surface area contributed by atoms with Crippen molar-refractivity contribution in [3.05, 3.63) is 34.3 Å². The zero-order valence-electron chi connectivity index (χ0n) is 8.42. The molecule has 0 saturated heterocycles. The largest absolute Gasteiger partial charge is 0.468 e. The molecule has 0 amide bonds. The zero-order chi connectivity index (χ0) is 10.8. The Morgan fingerprint density at radius 3 is 3.13 bits per heavy atom. The number of esters is 1. The lowest BCUT2D eigenvalue weighted by atomic mass is 9.96. The van der Waals surface area contributed by atoms with Gasteiger partial charge in [-0.25, -0.2) is 0 Å². The van der Waals surface area contributed by atoms with Gasteiger partial charge in [-0.3, -0.25) is 4.79 Å². The van der Waals surface area contributed by atoms with E-state index < -0.39 is 0 Å². The van der Waals surface area contributed by atoms with Crippen molar-refractivity contribution in [2.45, 2.75) is 19.0 Å². The molecule has 2 rings (SSSR count). The summed E-state index contributed by atoms with van der Waals surface area (Å²) in [6.07, 6.45) is 0.599. The van der Waals surface area contributed by atoms with Crippen molar-refractivity contribution in [3.63, 3.8) is 0 Å². The molecule has 0 radical (unpaired) electrons. The Bertz CT molecular complexity index is 392. The van der Waals surface area contributed by atoms with Crippen LogP contribution in [0.4, 0.5) is 0 Å². The fourth-order valence-electron chi connectivity index (χ4n) is 1.82. The van der Waals surface area contributed by atoms with E-state index in [1.807, 2.05) is 18.2 Å². The molecular formula is C11H12ClNO2. The second-order valence-electron chi connectivity index (χ2n) is 3.54. The van der Waals surface area contributed by atoms with Crippen molar-refractivity contribution in [1.82, 2.24) is 5.32 Å². The highest BCUT2D eigenvalue weighted by Crippen LogP contribution is 2.24. The molecule has 0 unspecified atom stereocenters. The molecule has 0 aliphatic carbocycles. The number of rotatable bonds is 1. The average molecular weight is 226 g/mol. The van der Waals surface area contributed by atoms with E-state index in [2.05, 4.69) is 5.32 Å². The van der Waals surface area contributed by atoms with E-state index in [4.69, 9.17) is 16.3 Å².